The molecule has 0 aliphatic heterocycles. The standard InChI is InChI=1S/C22H23FN4O6/c1-5-31-21(29)13(3)32-20-17(7-6-8-25-20)33-18-11-16(14(23)10-15(18)24)27-19(28)9-12(2)26(4)22(27)30/h6-11,13H,5,24H2,1-4H3. The Morgan fingerprint density at radius 3 is 2.67 bits per heavy atom. The number of carbonyl (C=O) groups excluding carboxylic acids is 1. The van der Waals surface area contributed by atoms with Gasteiger partial charge < -0.3 is 24.5 Å². The van der Waals surface area contributed by atoms with Crippen LogP contribution in [0.25, 0.3) is 5.69 Å². The van der Waals surface area contributed by atoms with Crippen molar-refractivity contribution in [2.75, 3.05) is 12.3 Å². The minimum Gasteiger partial charge on any atom is -0.463 e. The summed E-state index contributed by atoms with van der Waals surface area (Å²) < 4.78 is 32.8. The number of rotatable bonds is 7. The lowest BCUT2D eigenvalue weighted by atomic mass is 10.2. The molecule has 0 bridgehead atoms. The van der Waals surface area contributed by atoms with Crippen molar-refractivity contribution in [3.8, 4) is 23.1 Å². The number of nitrogens with two attached hydrogens (primary N) is 1. The van der Waals surface area contributed by atoms with E-state index < -0.39 is 29.1 Å². The molecule has 33 heavy (non-hydrogen) atoms. The number of pyridine rings is 1. The van der Waals surface area contributed by atoms with Crippen molar-refractivity contribution in [3.63, 3.8) is 0 Å². The van der Waals surface area contributed by atoms with E-state index in [1.165, 1.54) is 36.9 Å². The molecule has 0 radical (unpaired) electrons. The molecular formula is C22H23FN4O6. The Balaban J connectivity index is 2.03. The second kappa shape index (κ2) is 9.55. The molecule has 174 valence electrons. The number of aromatic nitrogens is 3. The maximum Gasteiger partial charge on any atom is 0.347 e. The number of nitrogen functional groups attached to an aromatic ring is 1. The zero-order valence-electron chi connectivity index (χ0n) is 18.5. The number of aryl methyl sites for hydroxylation is 1. The lowest BCUT2D eigenvalue weighted by Gasteiger charge is -2.17. The van der Waals surface area contributed by atoms with Crippen LogP contribution in [0, 0.1) is 12.7 Å². The van der Waals surface area contributed by atoms with Gasteiger partial charge >= 0.3 is 11.7 Å². The third-order valence-corrected chi connectivity index (χ3v) is 4.74. The highest BCUT2D eigenvalue weighted by atomic mass is 19.1. The van der Waals surface area contributed by atoms with E-state index >= 15 is 0 Å². The largest absolute Gasteiger partial charge is 0.463 e. The molecular weight excluding hydrogens is 435 g/mol. The van der Waals surface area contributed by atoms with Crippen LogP contribution < -0.4 is 26.5 Å². The zero-order chi connectivity index (χ0) is 24.3. The van der Waals surface area contributed by atoms with Gasteiger partial charge in [0.1, 0.15) is 5.82 Å². The Morgan fingerprint density at radius 1 is 1.24 bits per heavy atom. The molecule has 0 amide bonds. The van der Waals surface area contributed by atoms with E-state index in [1.54, 1.807) is 19.9 Å². The molecule has 10 nitrogen and oxygen atoms in total. The van der Waals surface area contributed by atoms with Crippen LogP contribution in [0.3, 0.4) is 0 Å². The monoisotopic (exact) mass is 458 g/mol. The Labute approximate surface area is 188 Å². The van der Waals surface area contributed by atoms with Gasteiger partial charge in [0.05, 0.1) is 18.0 Å². The summed E-state index contributed by atoms with van der Waals surface area (Å²) >= 11 is 0. The van der Waals surface area contributed by atoms with E-state index in [9.17, 15) is 18.8 Å². The van der Waals surface area contributed by atoms with E-state index in [2.05, 4.69) is 4.98 Å². The number of hydrogen-bond donors (Lipinski definition) is 1. The predicted molar refractivity (Wildman–Crippen MR) is 117 cm³/mol. The third-order valence-electron chi connectivity index (χ3n) is 4.74. The third kappa shape index (κ3) is 4.86. The van der Waals surface area contributed by atoms with Crippen LogP contribution in [0.15, 0.2) is 46.1 Å². The number of carbonyl (C=O) groups is 1. The van der Waals surface area contributed by atoms with Crippen molar-refractivity contribution in [1.29, 1.82) is 0 Å². The second-order valence-corrected chi connectivity index (χ2v) is 7.06. The normalized spacial score (nSPS) is 11.7. The lowest BCUT2D eigenvalue weighted by molar-refractivity contribution is -0.150. The first kappa shape index (κ1) is 23.5. The summed E-state index contributed by atoms with van der Waals surface area (Å²) in [5.74, 6) is -1.50. The highest BCUT2D eigenvalue weighted by Gasteiger charge is 2.21. The van der Waals surface area contributed by atoms with Gasteiger partial charge in [-0.1, -0.05) is 0 Å². The van der Waals surface area contributed by atoms with Crippen molar-refractivity contribution >= 4 is 11.7 Å². The average Bonchev–Trinajstić information content (AvgIpc) is 2.76. The van der Waals surface area contributed by atoms with Crippen LogP contribution >= 0.6 is 0 Å². The summed E-state index contributed by atoms with van der Waals surface area (Å²) in [5, 5.41) is 0. The van der Waals surface area contributed by atoms with Crippen molar-refractivity contribution in [2.45, 2.75) is 26.9 Å². The second-order valence-electron chi connectivity index (χ2n) is 7.06. The highest BCUT2D eigenvalue weighted by Crippen LogP contribution is 2.35. The van der Waals surface area contributed by atoms with Gasteiger partial charge in [-0.2, -0.15) is 0 Å². The number of benzene rings is 1. The van der Waals surface area contributed by atoms with Gasteiger partial charge in [-0.3, -0.25) is 4.79 Å². The molecule has 2 heterocycles. The van der Waals surface area contributed by atoms with E-state index in [1.807, 2.05) is 0 Å². The maximum absolute atomic E-state index is 14.7. The number of esters is 1. The van der Waals surface area contributed by atoms with Gasteiger partial charge in [0.15, 0.2) is 17.6 Å². The summed E-state index contributed by atoms with van der Waals surface area (Å²) in [6, 6.07) is 6.34. The summed E-state index contributed by atoms with van der Waals surface area (Å²) in [4.78, 5) is 41.0. The number of nitrogens with zero attached hydrogens (tertiary/aromatic N) is 3. The number of halogens is 1. The Kier molecular flexibility index (Phi) is 6.80. The van der Waals surface area contributed by atoms with Gasteiger partial charge in [-0.15, -0.1) is 0 Å². The van der Waals surface area contributed by atoms with Crippen molar-refractivity contribution in [1.82, 2.24) is 14.1 Å². The topological polar surface area (TPSA) is 128 Å². The molecule has 0 aliphatic carbocycles. The minimum atomic E-state index is -0.975. The van der Waals surface area contributed by atoms with Gasteiger partial charge in [0, 0.05) is 37.1 Å². The van der Waals surface area contributed by atoms with Gasteiger partial charge in [0.25, 0.3) is 11.4 Å². The molecule has 0 spiro atoms. The Bertz CT molecular complexity index is 1320. The molecule has 2 N–H and O–H groups in total. The predicted octanol–water partition coefficient (Wildman–Crippen LogP) is 2.08. The van der Waals surface area contributed by atoms with Crippen LogP contribution in [0.2, 0.25) is 0 Å². The average molecular weight is 458 g/mol. The number of ether oxygens (including phenoxy) is 3. The molecule has 3 aromatic rings. The summed E-state index contributed by atoms with van der Waals surface area (Å²) in [7, 11) is 1.46. The number of anilines is 1. The molecule has 0 saturated heterocycles. The Morgan fingerprint density at radius 2 is 1.97 bits per heavy atom. The molecule has 0 fully saturated rings. The van der Waals surface area contributed by atoms with Gasteiger partial charge in [-0.25, -0.2) is 23.5 Å². The minimum absolute atomic E-state index is 0.0354. The fraction of sp³-hybridized carbons (Fsp3) is 0.273. The summed E-state index contributed by atoms with van der Waals surface area (Å²) in [5.41, 5.74) is 4.46. The highest BCUT2D eigenvalue weighted by molar-refractivity contribution is 5.74. The first-order valence-corrected chi connectivity index (χ1v) is 9.99. The van der Waals surface area contributed by atoms with Gasteiger partial charge in [0.2, 0.25) is 0 Å². The molecule has 0 aliphatic rings. The SMILES string of the molecule is CCOC(=O)C(C)Oc1ncccc1Oc1cc(-n2c(=O)cc(C)n(C)c2=O)c(F)cc1N. The maximum atomic E-state index is 14.7. The Hall–Kier alpha value is -4.15. The summed E-state index contributed by atoms with van der Waals surface area (Å²) in [6.45, 7) is 4.93. The molecule has 1 aromatic carbocycles. The van der Waals surface area contributed by atoms with Crippen LogP contribution in [0.5, 0.6) is 17.4 Å². The molecule has 11 heteroatoms. The van der Waals surface area contributed by atoms with E-state index in [4.69, 9.17) is 19.9 Å². The first-order valence-electron chi connectivity index (χ1n) is 9.99. The molecule has 3 rings (SSSR count). The van der Waals surface area contributed by atoms with Crippen LogP contribution in [-0.2, 0) is 16.6 Å². The van der Waals surface area contributed by atoms with Crippen LogP contribution in [0.4, 0.5) is 10.1 Å². The fourth-order valence-corrected chi connectivity index (χ4v) is 2.91. The number of hydrogen-bond acceptors (Lipinski definition) is 8. The van der Waals surface area contributed by atoms with Crippen molar-refractivity contribution < 1.29 is 23.4 Å². The van der Waals surface area contributed by atoms with E-state index in [0.717, 1.165) is 12.1 Å². The fourth-order valence-electron chi connectivity index (χ4n) is 2.91. The smallest absolute Gasteiger partial charge is 0.347 e. The molecule has 0 saturated carbocycles. The van der Waals surface area contributed by atoms with E-state index in [-0.39, 0.29) is 35.4 Å². The van der Waals surface area contributed by atoms with Crippen molar-refractivity contribution in [3.05, 3.63) is 68.9 Å². The molecule has 1 unspecified atom stereocenters. The zero-order valence-corrected chi connectivity index (χ0v) is 18.5. The van der Waals surface area contributed by atoms with Crippen molar-refractivity contribution in [2.24, 2.45) is 7.05 Å². The van der Waals surface area contributed by atoms with Crippen LogP contribution in [0.1, 0.15) is 19.5 Å². The van der Waals surface area contributed by atoms with Crippen LogP contribution in [-0.4, -0.2) is 32.8 Å². The quantitative estimate of drug-likeness (QED) is 0.421. The van der Waals surface area contributed by atoms with E-state index in [0.29, 0.717) is 10.3 Å². The van der Waals surface area contributed by atoms with Gasteiger partial charge in [-0.05, 0) is 32.9 Å². The molecule has 2 aromatic heterocycles. The molecule has 1 atom stereocenters. The first-order chi connectivity index (χ1) is 15.6. The summed E-state index contributed by atoms with van der Waals surface area (Å²) in [6.07, 6.45) is 0.451. The lowest BCUT2D eigenvalue weighted by Crippen LogP contribution is -2.38.